The van der Waals surface area contributed by atoms with Crippen molar-refractivity contribution in [1.29, 1.82) is 0 Å². The van der Waals surface area contributed by atoms with Crippen molar-refractivity contribution in [3.8, 4) is 11.5 Å². The number of nitrogens with zero attached hydrogens (tertiary/aromatic N) is 2. The number of thiophene rings is 1. The lowest BCUT2D eigenvalue weighted by molar-refractivity contribution is 0.0702. The van der Waals surface area contributed by atoms with Crippen molar-refractivity contribution in [2.45, 2.75) is 11.8 Å². The lowest BCUT2D eigenvalue weighted by Gasteiger charge is -2.34. The van der Waals surface area contributed by atoms with Gasteiger partial charge in [0.15, 0.2) is 11.5 Å². The molecule has 1 fully saturated rings. The summed E-state index contributed by atoms with van der Waals surface area (Å²) >= 11 is 1.34. The van der Waals surface area contributed by atoms with E-state index in [-0.39, 0.29) is 42.8 Å². The van der Waals surface area contributed by atoms with E-state index in [4.69, 9.17) is 9.47 Å². The number of piperazine rings is 1. The Kier molecular flexibility index (Phi) is 5.31. The molecule has 3 heterocycles. The first kappa shape index (κ1) is 21.2. The Hall–Kier alpha value is -2.69. The molecule has 1 aromatic heterocycles. The van der Waals surface area contributed by atoms with Gasteiger partial charge in [0.1, 0.15) is 19.0 Å². The summed E-state index contributed by atoms with van der Waals surface area (Å²) in [5, 5.41) is 0.734. The molecule has 3 aromatic rings. The molecule has 10 heteroatoms. The Labute approximate surface area is 189 Å². The molecular formula is C22H21FN2O5S2. The fourth-order valence-corrected chi connectivity index (χ4v) is 6.60. The molecule has 1 amide bonds. The number of ether oxygens (including phenoxy) is 2. The van der Waals surface area contributed by atoms with Crippen LogP contribution >= 0.6 is 11.3 Å². The van der Waals surface area contributed by atoms with Gasteiger partial charge in [-0.05, 0) is 48.2 Å². The van der Waals surface area contributed by atoms with Crippen molar-refractivity contribution >= 4 is 37.4 Å². The van der Waals surface area contributed by atoms with Gasteiger partial charge in [0.25, 0.3) is 5.91 Å². The third-order valence-electron chi connectivity index (χ3n) is 5.77. The summed E-state index contributed by atoms with van der Waals surface area (Å²) in [6.07, 6.45) is 0. The van der Waals surface area contributed by atoms with E-state index in [0.29, 0.717) is 29.6 Å². The molecule has 0 atom stereocenters. The van der Waals surface area contributed by atoms with Crippen LogP contribution in [0.4, 0.5) is 4.39 Å². The summed E-state index contributed by atoms with van der Waals surface area (Å²) in [6, 6.07) is 9.11. The molecule has 0 saturated carbocycles. The first-order valence-electron chi connectivity index (χ1n) is 10.2. The Balaban J connectivity index is 1.32. The number of amides is 1. The van der Waals surface area contributed by atoms with Crippen molar-refractivity contribution in [1.82, 2.24) is 9.21 Å². The molecule has 32 heavy (non-hydrogen) atoms. The van der Waals surface area contributed by atoms with Crippen LogP contribution in [0, 0.1) is 12.7 Å². The molecule has 0 N–H and O–H groups in total. The molecule has 7 nitrogen and oxygen atoms in total. The molecule has 0 aliphatic carbocycles. The van der Waals surface area contributed by atoms with Gasteiger partial charge in [0.2, 0.25) is 10.0 Å². The van der Waals surface area contributed by atoms with Crippen molar-refractivity contribution in [3.05, 3.63) is 52.7 Å². The Bertz CT molecular complexity index is 1310. The first-order chi connectivity index (χ1) is 15.3. The molecule has 168 valence electrons. The molecule has 0 bridgehead atoms. The van der Waals surface area contributed by atoms with Crippen molar-refractivity contribution < 1.29 is 27.1 Å². The number of benzene rings is 2. The number of fused-ring (bicyclic) bond motifs is 2. The second-order valence-electron chi connectivity index (χ2n) is 7.70. The Morgan fingerprint density at radius 2 is 1.72 bits per heavy atom. The summed E-state index contributed by atoms with van der Waals surface area (Å²) < 4.78 is 53.0. The van der Waals surface area contributed by atoms with Gasteiger partial charge in [-0.25, -0.2) is 12.8 Å². The number of aryl methyl sites for hydroxylation is 1. The lowest BCUT2D eigenvalue weighted by Crippen LogP contribution is -2.50. The van der Waals surface area contributed by atoms with Crippen LogP contribution in [-0.4, -0.2) is 62.9 Å². The van der Waals surface area contributed by atoms with E-state index in [1.807, 2.05) is 6.92 Å². The van der Waals surface area contributed by atoms with Gasteiger partial charge >= 0.3 is 0 Å². The summed E-state index contributed by atoms with van der Waals surface area (Å²) in [6.45, 7) is 3.58. The van der Waals surface area contributed by atoms with Crippen LogP contribution in [0.5, 0.6) is 11.5 Å². The van der Waals surface area contributed by atoms with Gasteiger partial charge in [-0.3, -0.25) is 4.79 Å². The van der Waals surface area contributed by atoms with Crippen LogP contribution < -0.4 is 9.47 Å². The number of sulfonamides is 1. The zero-order valence-electron chi connectivity index (χ0n) is 17.3. The third-order valence-corrected chi connectivity index (χ3v) is 8.93. The largest absolute Gasteiger partial charge is 0.486 e. The van der Waals surface area contributed by atoms with E-state index in [2.05, 4.69) is 0 Å². The zero-order valence-corrected chi connectivity index (χ0v) is 19.0. The molecule has 0 unspecified atom stereocenters. The number of carbonyl (C=O) groups is 1. The van der Waals surface area contributed by atoms with E-state index in [1.54, 1.807) is 17.0 Å². The second kappa shape index (κ2) is 8.02. The van der Waals surface area contributed by atoms with Gasteiger partial charge in [0.05, 0.1) is 9.77 Å². The van der Waals surface area contributed by atoms with E-state index in [9.17, 15) is 17.6 Å². The molecule has 0 spiro atoms. The van der Waals surface area contributed by atoms with Crippen LogP contribution in [0.25, 0.3) is 10.1 Å². The molecule has 0 radical (unpaired) electrons. The second-order valence-corrected chi connectivity index (χ2v) is 10.7. The van der Waals surface area contributed by atoms with E-state index in [1.165, 1.54) is 39.9 Å². The summed E-state index contributed by atoms with van der Waals surface area (Å²) in [5.41, 5.74) is 0.751. The average molecular weight is 477 g/mol. The monoisotopic (exact) mass is 476 g/mol. The highest BCUT2D eigenvalue weighted by atomic mass is 32.2. The van der Waals surface area contributed by atoms with Crippen molar-refractivity contribution in [2.75, 3.05) is 39.4 Å². The maximum atomic E-state index is 13.6. The predicted molar refractivity (Wildman–Crippen MR) is 119 cm³/mol. The van der Waals surface area contributed by atoms with Crippen LogP contribution in [0.1, 0.15) is 15.2 Å². The zero-order chi connectivity index (χ0) is 22.5. The SMILES string of the molecule is Cc1c(C(=O)N2CCN(S(=O)(=O)c3ccc4c(c3)OCCO4)CC2)sc2ccc(F)cc12. The predicted octanol–water partition coefficient (Wildman–Crippen LogP) is 3.27. The first-order valence-corrected chi connectivity index (χ1v) is 12.5. The molecule has 2 aliphatic rings. The minimum absolute atomic E-state index is 0.143. The van der Waals surface area contributed by atoms with E-state index >= 15 is 0 Å². The quantitative estimate of drug-likeness (QED) is 0.580. The highest BCUT2D eigenvalue weighted by Crippen LogP contribution is 2.34. The number of hydrogen-bond acceptors (Lipinski definition) is 6. The smallest absolute Gasteiger partial charge is 0.264 e. The molecule has 2 aliphatic heterocycles. The minimum atomic E-state index is -3.72. The highest BCUT2D eigenvalue weighted by Gasteiger charge is 2.32. The average Bonchev–Trinajstić information content (AvgIpc) is 3.14. The molecule has 5 rings (SSSR count). The lowest BCUT2D eigenvalue weighted by atomic mass is 10.1. The summed E-state index contributed by atoms with van der Waals surface area (Å²) in [5.74, 6) is 0.461. The van der Waals surface area contributed by atoms with Crippen molar-refractivity contribution in [3.63, 3.8) is 0 Å². The fourth-order valence-electron chi connectivity index (χ4n) is 4.01. The van der Waals surface area contributed by atoms with Gasteiger partial charge in [0, 0.05) is 36.9 Å². The maximum Gasteiger partial charge on any atom is 0.264 e. The number of rotatable bonds is 3. The van der Waals surface area contributed by atoms with Gasteiger partial charge < -0.3 is 14.4 Å². The topological polar surface area (TPSA) is 76.2 Å². The number of halogens is 1. The molecule has 1 saturated heterocycles. The third kappa shape index (κ3) is 3.62. The Morgan fingerprint density at radius 3 is 2.47 bits per heavy atom. The highest BCUT2D eigenvalue weighted by molar-refractivity contribution is 7.89. The number of carbonyl (C=O) groups excluding carboxylic acids is 1. The van der Waals surface area contributed by atoms with Crippen LogP contribution in [0.2, 0.25) is 0 Å². The Morgan fingerprint density at radius 1 is 1.00 bits per heavy atom. The van der Waals surface area contributed by atoms with E-state index < -0.39 is 10.0 Å². The van der Waals surface area contributed by atoms with Crippen LogP contribution in [-0.2, 0) is 10.0 Å². The van der Waals surface area contributed by atoms with Crippen LogP contribution in [0.3, 0.4) is 0 Å². The van der Waals surface area contributed by atoms with Gasteiger partial charge in [-0.15, -0.1) is 11.3 Å². The van der Waals surface area contributed by atoms with Crippen molar-refractivity contribution in [2.24, 2.45) is 0 Å². The fraction of sp³-hybridized carbons (Fsp3) is 0.318. The van der Waals surface area contributed by atoms with Gasteiger partial charge in [-0.2, -0.15) is 4.31 Å². The number of hydrogen-bond donors (Lipinski definition) is 0. The minimum Gasteiger partial charge on any atom is -0.486 e. The summed E-state index contributed by atoms with van der Waals surface area (Å²) in [7, 11) is -3.72. The molecule has 2 aromatic carbocycles. The normalized spacial score (nSPS) is 17.0. The maximum absolute atomic E-state index is 13.6. The molecular weight excluding hydrogens is 455 g/mol. The van der Waals surface area contributed by atoms with Gasteiger partial charge in [-0.1, -0.05) is 0 Å². The van der Waals surface area contributed by atoms with E-state index in [0.717, 1.165) is 15.6 Å². The van der Waals surface area contributed by atoms with Crippen LogP contribution in [0.15, 0.2) is 41.3 Å². The standard InChI is InChI=1S/C22H21FN2O5S2/c1-14-17-12-15(23)2-5-20(17)31-21(14)22(26)24-6-8-25(9-7-24)32(27,28)16-3-4-18-19(13-16)30-11-10-29-18/h2-5,12-13H,6-11H2,1H3. The summed E-state index contributed by atoms with van der Waals surface area (Å²) in [4.78, 5) is 15.5.